The Morgan fingerprint density at radius 1 is 1.30 bits per heavy atom. The molecule has 0 saturated carbocycles. The van der Waals surface area contributed by atoms with Crippen LogP contribution in [0.3, 0.4) is 0 Å². The molecule has 0 aliphatic heterocycles. The van der Waals surface area contributed by atoms with Crippen LogP contribution in [0.2, 0.25) is 0 Å². The summed E-state index contributed by atoms with van der Waals surface area (Å²) in [6.45, 7) is -2.81. The third-order valence-electron chi connectivity index (χ3n) is 2.15. The van der Waals surface area contributed by atoms with E-state index < -0.39 is 37.0 Å². The highest BCUT2D eigenvalue weighted by Crippen LogP contribution is 2.21. The van der Waals surface area contributed by atoms with E-state index in [0.29, 0.717) is 0 Å². The lowest BCUT2D eigenvalue weighted by atomic mass is 10.2. The summed E-state index contributed by atoms with van der Waals surface area (Å²) >= 11 is 2.79. The number of nitrogens with zero attached hydrogens (tertiary/aromatic N) is 1. The van der Waals surface area contributed by atoms with E-state index in [9.17, 15) is 27.2 Å². The highest BCUT2D eigenvalue weighted by Gasteiger charge is 2.34. The Hall–Kier alpha value is -1.64. The van der Waals surface area contributed by atoms with Crippen LogP contribution >= 0.6 is 15.9 Å². The first-order valence-electron chi connectivity index (χ1n) is 5.13. The Labute approximate surface area is 119 Å². The number of benzene rings is 1. The second-order valence-electron chi connectivity index (χ2n) is 3.80. The molecule has 4 nitrogen and oxygen atoms in total. The minimum atomic E-state index is -4.73. The number of carbonyl (C=O) groups is 2. The van der Waals surface area contributed by atoms with Gasteiger partial charge in [0, 0.05) is 5.56 Å². The quantitative estimate of drug-likeness (QED) is 0.843. The van der Waals surface area contributed by atoms with E-state index in [1.807, 2.05) is 0 Å². The Kier molecular flexibility index (Phi) is 5.09. The number of hydrogen-bond acceptors (Lipinski definition) is 2. The van der Waals surface area contributed by atoms with Crippen molar-refractivity contribution in [3.8, 4) is 0 Å². The van der Waals surface area contributed by atoms with Crippen molar-refractivity contribution in [2.75, 3.05) is 13.1 Å². The summed E-state index contributed by atoms with van der Waals surface area (Å²) < 4.78 is 49.9. The van der Waals surface area contributed by atoms with Crippen LogP contribution in [0, 0.1) is 5.82 Å². The Balaban J connectivity index is 3.02. The number of hydrogen-bond donors (Lipinski definition) is 1. The molecule has 9 heteroatoms. The van der Waals surface area contributed by atoms with Crippen molar-refractivity contribution in [1.82, 2.24) is 4.90 Å². The molecule has 1 aromatic carbocycles. The number of alkyl halides is 3. The van der Waals surface area contributed by atoms with Crippen LogP contribution in [0.25, 0.3) is 0 Å². The first kappa shape index (κ1) is 16.4. The van der Waals surface area contributed by atoms with Crippen LogP contribution in [0.5, 0.6) is 0 Å². The third-order valence-corrected chi connectivity index (χ3v) is 2.76. The summed E-state index contributed by atoms with van der Waals surface area (Å²) in [7, 11) is 0. The molecule has 1 aromatic rings. The van der Waals surface area contributed by atoms with Crippen molar-refractivity contribution in [2.24, 2.45) is 0 Å². The monoisotopic (exact) mass is 357 g/mol. The second-order valence-corrected chi connectivity index (χ2v) is 4.65. The summed E-state index contributed by atoms with van der Waals surface area (Å²) in [4.78, 5) is 22.5. The fraction of sp³-hybridized carbons (Fsp3) is 0.273. The second kappa shape index (κ2) is 6.21. The average molecular weight is 358 g/mol. The van der Waals surface area contributed by atoms with Gasteiger partial charge in [-0.3, -0.25) is 9.59 Å². The first-order valence-corrected chi connectivity index (χ1v) is 5.92. The van der Waals surface area contributed by atoms with Gasteiger partial charge in [-0.05, 0) is 34.1 Å². The van der Waals surface area contributed by atoms with E-state index in [1.165, 1.54) is 0 Å². The van der Waals surface area contributed by atoms with Gasteiger partial charge in [0.1, 0.15) is 18.9 Å². The fourth-order valence-electron chi connectivity index (χ4n) is 1.39. The summed E-state index contributed by atoms with van der Waals surface area (Å²) in [5.41, 5.74) is -0.247. The van der Waals surface area contributed by atoms with Gasteiger partial charge in [-0.2, -0.15) is 13.2 Å². The van der Waals surface area contributed by atoms with Gasteiger partial charge in [-0.25, -0.2) is 4.39 Å². The Morgan fingerprint density at radius 2 is 1.90 bits per heavy atom. The molecule has 0 radical (unpaired) electrons. The molecule has 0 saturated heterocycles. The highest BCUT2D eigenvalue weighted by molar-refractivity contribution is 9.10. The maximum atomic E-state index is 13.0. The normalized spacial score (nSPS) is 11.2. The lowest BCUT2D eigenvalue weighted by Gasteiger charge is -2.22. The summed E-state index contributed by atoms with van der Waals surface area (Å²) in [6.07, 6.45) is -4.73. The molecule has 1 N–H and O–H groups in total. The molecular weight excluding hydrogens is 350 g/mol. The topological polar surface area (TPSA) is 57.6 Å². The molecule has 0 fully saturated rings. The summed E-state index contributed by atoms with van der Waals surface area (Å²) in [6, 6.07) is 2.86. The van der Waals surface area contributed by atoms with E-state index in [1.54, 1.807) is 0 Å². The van der Waals surface area contributed by atoms with Gasteiger partial charge in [0.25, 0.3) is 5.91 Å². The van der Waals surface area contributed by atoms with Crippen molar-refractivity contribution < 1.29 is 32.3 Å². The van der Waals surface area contributed by atoms with Gasteiger partial charge in [-0.15, -0.1) is 0 Å². The van der Waals surface area contributed by atoms with Crippen molar-refractivity contribution in [2.45, 2.75) is 6.18 Å². The molecule has 0 unspecified atom stereocenters. The number of aliphatic carboxylic acids is 1. The van der Waals surface area contributed by atoms with E-state index in [-0.39, 0.29) is 14.9 Å². The zero-order valence-electron chi connectivity index (χ0n) is 9.75. The molecule has 1 rings (SSSR count). The van der Waals surface area contributed by atoms with Gasteiger partial charge < -0.3 is 10.0 Å². The number of halogens is 5. The molecule has 0 aromatic heterocycles. The maximum Gasteiger partial charge on any atom is 0.406 e. The molecule has 0 aliphatic rings. The van der Waals surface area contributed by atoms with Crippen LogP contribution in [0.15, 0.2) is 22.7 Å². The lowest BCUT2D eigenvalue weighted by molar-refractivity contribution is -0.149. The van der Waals surface area contributed by atoms with Gasteiger partial charge in [0.05, 0.1) is 4.47 Å². The van der Waals surface area contributed by atoms with E-state index in [2.05, 4.69) is 15.9 Å². The summed E-state index contributed by atoms with van der Waals surface area (Å²) in [5.74, 6) is -3.42. The lowest BCUT2D eigenvalue weighted by Crippen LogP contribution is -2.42. The zero-order valence-corrected chi connectivity index (χ0v) is 11.3. The average Bonchev–Trinajstić information content (AvgIpc) is 2.28. The minimum Gasteiger partial charge on any atom is -0.480 e. The van der Waals surface area contributed by atoms with Gasteiger partial charge in [-0.1, -0.05) is 0 Å². The minimum absolute atomic E-state index is 0.106. The van der Waals surface area contributed by atoms with Crippen LogP contribution in [-0.4, -0.2) is 41.1 Å². The van der Waals surface area contributed by atoms with Crippen LogP contribution in [0.4, 0.5) is 17.6 Å². The van der Waals surface area contributed by atoms with Gasteiger partial charge in [0.2, 0.25) is 0 Å². The Bertz CT molecular complexity index is 533. The number of carboxylic acids is 1. The zero-order chi connectivity index (χ0) is 15.5. The number of carboxylic acid groups (broad SMARTS) is 1. The molecule has 0 atom stereocenters. The maximum absolute atomic E-state index is 13.0. The highest BCUT2D eigenvalue weighted by atomic mass is 79.9. The molecule has 0 aliphatic carbocycles. The van der Waals surface area contributed by atoms with Crippen LogP contribution in [0.1, 0.15) is 10.4 Å². The van der Waals surface area contributed by atoms with Crippen molar-refractivity contribution >= 4 is 27.8 Å². The molecular formula is C11H8BrF4NO3. The largest absolute Gasteiger partial charge is 0.480 e. The fourth-order valence-corrected chi connectivity index (χ4v) is 1.77. The standard InChI is InChI=1S/C11H8BrF4NO3/c12-7-3-6(1-2-8(7)13)10(20)17(4-9(18)19)5-11(14,15)16/h1-3H,4-5H2,(H,18,19). The molecule has 110 valence electrons. The number of amides is 1. The van der Waals surface area contributed by atoms with Crippen LogP contribution in [-0.2, 0) is 4.79 Å². The molecule has 0 heterocycles. The molecule has 1 amide bonds. The van der Waals surface area contributed by atoms with Crippen molar-refractivity contribution in [3.05, 3.63) is 34.1 Å². The summed E-state index contributed by atoms with van der Waals surface area (Å²) in [5, 5.41) is 8.54. The Morgan fingerprint density at radius 3 is 2.35 bits per heavy atom. The van der Waals surface area contributed by atoms with Gasteiger partial charge in [0.15, 0.2) is 0 Å². The number of carbonyl (C=O) groups excluding carboxylic acids is 1. The van der Waals surface area contributed by atoms with Crippen molar-refractivity contribution in [1.29, 1.82) is 0 Å². The predicted molar refractivity (Wildman–Crippen MR) is 63.7 cm³/mol. The number of rotatable bonds is 4. The van der Waals surface area contributed by atoms with Crippen molar-refractivity contribution in [3.63, 3.8) is 0 Å². The smallest absolute Gasteiger partial charge is 0.406 e. The molecule has 20 heavy (non-hydrogen) atoms. The first-order chi connectivity index (χ1) is 9.10. The molecule has 0 bridgehead atoms. The van der Waals surface area contributed by atoms with E-state index in [4.69, 9.17) is 5.11 Å². The van der Waals surface area contributed by atoms with Gasteiger partial charge >= 0.3 is 12.1 Å². The predicted octanol–water partition coefficient (Wildman–Crippen LogP) is 2.68. The van der Waals surface area contributed by atoms with E-state index in [0.717, 1.165) is 18.2 Å². The molecule has 0 spiro atoms. The van der Waals surface area contributed by atoms with E-state index >= 15 is 0 Å². The SMILES string of the molecule is O=C(O)CN(CC(F)(F)F)C(=O)c1ccc(F)c(Br)c1. The van der Waals surface area contributed by atoms with Crippen LogP contribution < -0.4 is 0 Å². The third kappa shape index (κ3) is 4.80.